The molecule has 0 heterocycles. The number of rotatable bonds is 7. The zero-order valence-electron chi connectivity index (χ0n) is 18.4. The van der Waals surface area contributed by atoms with Gasteiger partial charge in [-0.3, -0.25) is 9.59 Å². The van der Waals surface area contributed by atoms with Crippen molar-refractivity contribution in [1.29, 1.82) is 0 Å². The van der Waals surface area contributed by atoms with Crippen molar-refractivity contribution in [2.24, 2.45) is 0 Å². The quantitative estimate of drug-likeness (QED) is 0.426. The fourth-order valence-corrected chi connectivity index (χ4v) is 3.58. The SMILES string of the molecule is CC(C)(C)c1cc(Br)ccc1OCC(=O)Nc1cccc(NC(=O)Cc2ccccc2)c1. The lowest BCUT2D eigenvalue weighted by Gasteiger charge is -2.23. The van der Waals surface area contributed by atoms with Crippen molar-refractivity contribution in [1.82, 2.24) is 0 Å². The van der Waals surface area contributed by atoms with Crippen LogP contribution in [-0.2, 0) is 21.4 Å². The molecule has 3 aromatic rings. The third kappa shape index (κ3) is 6.95. The van der Waals surface area contributed by atoms with Crippen molar-refractivity contribution >= 4 is 39.1 Å². The summed E-state index contributed by atoms with van der Waals surface area (Å²) in [5, 5.41) is 5.69. The Morgan fingerprint density at radius 1 is 0.844 bits per heavy atom. The number of benzene rings is 3. The van der Waals surface area contributed by atoms with Crippen LogP contribution in [0.5, 0.6) is 5.75 Å². The van der Waals surface area contributed by atoms with Crippen LogP contribution in [0.15, 0.2) is 77.3 Å². The fourth-order valence-electron chi connectivity index (χ4n) is 3.22. The normalized spacial score (nSPS) is 11.0. The van der Waals surface area contributed by atoms with E-state index in [1.165, 1.54) is 0 Å². The summed E-state index contributed by atoms with van der Waals surface area (Å²) in [6, 6.07) is 22.4. The number of ether oxygens (including phenoxy) is 1. The summed E-state index contributed by atoms with van der Waals surface area (Å²) in [6.07, 6.45) is 0.286. The minimum Gasteiger partial charge on any atom is -0.483 e. The van der Waals surface area contributed by atoms with E-state index in [1.807, 2.05) is 48.5 Å². The van der Waals surface area contributed by atoms with Gasteiger partial charge in [-0.1, -0.05) is 73.1 Å². The summed E-state index contributed by atoms with van der Waals surface area (Å²) in [4.78, 5) is 24.7. The Bertz CT molecular complexity index is 1090. The highest BCUT2D eigenvalue weighted by molar-refractivity contribution is 9.10. The molecule has 0 aliphatic rings. The van der Waals surface area contributed by atoms with E-state index in [0.717, 1.165) is 15.6 Å². The van der Waals surface area contributed by atoms with Crippen LogP contribution < -0.4 is 15.4 Å². The highest BCUT2D eigenvalue weighted by Crippen LogP contribution is 2.33. The molecule has 6 heteroatoms. The number of halogens is 1. The minimum absolute atomic E-state index is 0.116. The molecular formula is C26H27BrN2O3. The molecule has 3 aromatic carbocycles. The lowest BCUT2D eigenvalue weighted by molar-refractivity contribution is -0.118. The third-order valence-electron chi connectivity index (χ3n) is 4.75. The number of hydrogen-bond donors (Lipinski definition) is 2. The van der Waals surface area contributed by atoms with Crippen molar-refractivity contribution in [3.8, 4) is 5.75 Å². The van der Waals surface area contributed by atoms with Gasteiger partial charge in [0.15, 0.2) is 6.61 Å². The molecule has 0 spiro atoms. The first-order valence-electron chi connectivity index (χ1n) is 10.4. The molecule has 166 valence electrons. The zero-order chi connectivity index (χ0) is 23.1. The maximum Gasteiger partial charge on any atom is 0.262 e. The van der Waals surface area contributed by atoms with Crippen LogP contribution in [0.25, 0.3) is 0 Å². The van der Waals surface area contributed by atoms with E-state index < -0.39 is 0 Å². The van der Waals surface area contributed by atoms with Crippen molar-refractivity contribution in [2.75, 3.05) is 17.2 Å². The average molecular weight is 495 g/mol. The van der Waals surface area contributed by atoms with Crippen LogP contribution >= 0.6 is 15.9 Å². The van der Waals surface area contributed by atoms with Crippen LogP contribution in [0.2, 0.25) is 0 Å². The summed E-state index contributed by atoms with van der Waals surface area (Å²) < 4.78 is 6.77. The molecule has 0 saturated carbocycles. The number of nitrogens with one attached hydrogen (secondary N) is 2. The van der Waals surface area contributed by atoms with E-state index in [2.05, 4.69) is 47.3 Å². The molecule has 0 bridgehead atoms. The number of anilines is 2. The number of amides is 2. The first-order chi connectivity index (χ1) is 15.2. The van der Waals surface area contributed by atoms with E-state index in [-0.39, 0.29) is 30.3 Å². The van der Waals surface area contributed by atoms with Crippen molar-refractivity contribution in [2.45, 2.75) is 32.6 Å². The van der Waals surface area contributed by atoms with E-state index in [1.54, 1.807) is 24.3 Å². The van der Waals surface area contributed by atoms with Crippen molar-refractivity contribution in [3.63, 3.8) is 0 Å². The van der Waals surface area contributed by atoms with Gasteiger partial charge in [-0.05, 0) is 47.4 Å². The van der Waals surface area contributed by atoms with Gasteiger partial charge in [0.05, 0.1) is 6.42 Å². The molecule has 0 radical (unpaired) electrons. The summed E-state index contributed by atoms with van der Waals surface area (Å²) in [6.45, 7) is 6.17. The topological polar surface area (TPSA) is 67.4 Å². The van der Waals surface area contributed by atoms with E-state index in [0.29, 0.717) is 17.1 Å². The lowest BCUT2D eigenvalue weighted by Crippen LogP contribution is -2.22. The van der Waals surface area contributed by atoms with Gasteiger partial charge in [0.1, 0.15) is 5.75 Å². The summed E-state index contributed by atoms with van der Waals surface area (Å²) in [5.74, 6) is 0.284. The minimum atomic E-state index is -0.277. The van der Waals surface area contributed by atoms with Crippen molar-refractivity contribution in [3.05, 3.63) is 88.4 Å². The van der Waals surface area contributed by atoms with Gasteiger partial charge in [-0.15, -0.1) is 0 Å². The predicted molar refractivity (Wildman–Crippen MR) is 132 cm³/mol. The van der Waals surface area contributed by atoms with Crippen LogP contribution in [0.1, 0.15) is 31.9 Å². The summed E-state index contributed by atoms with van der Waals surface area (Å²) in [5.41, 5.74) is 3.04. The zero-order valence-corrected chi connectivity index (χ0v) is 20.0. The van der Waals surface area contributed by atoms with Crippen LogP contribution in [-0.4, -0.2) is 18.4 Å². The molecule has 0 unspecified atom stereocenters. The Balaban J connectivity index is 1.58. The van der Waals surface area contributed by atoms with E-state index in [9.17, 15) is 9.59 Å². The molecular weight excluding hydrogens is 468 g/mol. The van der Waals surface area contributed by atoms with Crippen LogP contribution in [0.3, 0.4) is 0 Å². The Labute approximate surface area is 197 Å². The standard InChI is InChI=1S/C26H27BrN2O3/c1-26(2,3)22-15-19(27)12-13-23(22)32-17-25(31)29-21-11-7-10-20(16-21)28-24(30)14-18-8-5-4-6-9-18/h4-13,15-16H,14,17H2,1-3H3,(H,28,30)(H,29,31). The van der Waals surface area contributed by atoms with E-state index >= 15 is 0 Å². The molecule has 0 aromatic heterocycles. The first-order valence-corrected chi connectivity index (χ1v) is 11.2. The second-order valence-corrected chi connectivity index (χ2v) is 9.43. The molecule has 5 nitrogen and oxygen atoms in total. The Hall–Kier alpha value is -3.12. The molecule has 2 N–H and O–H groups in total. The van der Waals surface area contributed by atoms with Crippen LogP contribution in [0, 0.1) is 0 Å². The van der Waals surface area contributed by atoms with Gasteiger partial charge in [-0.2, -0.15) is 0 Å². The third-order valence-corrected chi connectivity index (χ3v) is 5.24. The van der Waals surface area contributed by atoms with E-state index in [4.69, 9.17) is 4.74 Å². The van der Waals surface area contributed by atoms with Gasteiger partial charge in [0.25, 0.3) is 5.91 Å². The van der Waals surface area contributed by atoms with Gasteiger partial charge in [0.2, 0.25) is 5.91 Å². The van der Waals surface area contributed by atoms with Crippen LogP contribution in [0.4, 0.5) is 11.4 Å². The first kappa shape index (κ1) is 23.5. The number of carbonyl (C=O) groups is 2. The molecule has 3 rings (SSSR count). The number of hydrogen-bond acceptors (Lipinski definition) is 3. The molecule has 0 saturated heterocycles. The van der Waals surface area contributed by atoms with Crippen molar-refractivity contribution < 1.29 is 14.3 Å². The Kier molecular flexibility index (Phi) is 7.70. The maximum absolute atomic E-state index is 12.5. The summed E-state index contributed by atoms with van der Waals surface area (Å²) in [7, 11) is 0. The molecule has 32 heavy (non-hydrogen) atoms. The van der Waals surface area contributed by atoms with Gasteiger partial charge < -0.3 is 15.4 Å². The smallest absolute Gasteiger partial charge is 0.262 e. The number of carbonyl (C=O) groups excluding carboxylic acids is 2. The second kappa shape index (κ2) is 10.5. The molecule has 2 amide bonds. The molecule has 0 aliphatic carbocycles. The summed E-state index contributed by atoms with van der Waals surface area (Å²) >= 11 is 3.49. The highest BCUT2D eigenvalue weighted by Gasteiger charge is 2.20. The molecule has 0 fully saturated rings. The predicted octanol–water partition coefficient (Wildman–Crippen LogP) is 5.95. The largest absolute Gasteiger partial charge is 0.483 e. The van der Waals surface area contributed by atoms with Gasteiger partial charge >= 0.3 is 0 Å². The maximum atomic E-state index is 12.5. The monoisotopic (exact) mass is 494 g/mol. The Morgan fingerprint density at radius 3 is 2.16 bits per heavy atom. The fraction of sp³-hybridized carbons (Fsp3) is 0.231. The molecule has 0 atom stereocenters. The second-order valence-electron chi connectivity index (χ2n) is 8.52. The average Bonchev–Trinajstić information content (AvgIpc) is 2.73. The highest BCUT2D eigenvalue weighted by atomic mass is 79.9. The molecule has 0 aliphatic heterocycles. The van der Waals surface area contributed by atoms with Gasteiger partial charge in [0, 0.05) is 21.4 Å². The lowest BCUT2D eigenvalue weighted by atomic mass is 9.86. The van der Waals surface area contributed by atoms with Gasteiger partial charge in [-0.25, -0.2) is 0 Å². The Morgan fingerprint density at radius 2 is 1.50 bits per heavy atom.